The molecule has 0 radical (unpaired) electrons. The summed E-state index contributed by atoms with van der Waals surface area (Å²) in [5.74, 6) is -2.23. The van der Waals surface area contributed by atoms with Crippen molar-refractivity contribution >= 4 is 0 Å². The summed E-state index contributed by atoms with van der Waals surface area (Å²) in [4.78, 5) is 7.70. The molecule has 0 saturated carbocycles. The number of hydrogen-bond donors (Lipinski definition) is 6. The Morgan fingerprint density at radius 2 is 0.426 bits per heavy atom. The summed E-state index contributed by atoms with van der Waals surface area (Å²) in [7, 11) is 8.33. The van der Waals surface area contributed by atoms with Crippen molar-refractivity contribution < 1.29 is 162 Å². The van der Waals surface area contributed by atoms with Crippen LogP contribution in [0.4, 0.5) is 0 Å². The largest absolute Gasteiger partial charge is 0.493 e. The molecule has 18 unspecified atom stereocenters. The number of piperidine rings is 6. The van der Waals surface area contributed by atoms with Crippen LogP contribution in [0, 0.1) is 69.5 Å². The summed E-state index contributed by atoms with van der Waals surface area (Å²) in [6.07, 6.45) is -28.3. The molecular formula is C117H180N6O18. The second kappa shape index (κ2) is 48.4. The first-order chi connectivity index (χ1) is 88.2. The van der Waals surface area contributed by atoms with Crippen molar-refractivity contribution in [3.8, 4) is 69.0 Å². The Labute approximate surface area is 922 Å². The van der Waals surface area contributed by atoms with E-state index in [2.05, 4.69) is 27.7 Å². The van der Waals surface area contributed by atoms with Crippen LogP contribution in [0.3, 0.4) is 0 Å². The van der Waals surface area contributed by atoms with Gasteiger partial charge in [0.2, 0.25) is 0 Å². The van der Waals surface area contributed by atoms with Crippen LogP contribution in [0.25, 0.3) is 0 Å². The normalized spacial score (nSPS) is 38.4. The summed E-state index contributed by atoms with van der Waals surface area (Å²) < 4.78 is 509. The summed E-state index contributed by atoms with van der Waals surface area (Å²) in [6.45, 7) is -21.3. The fraction of sp³-hybridized carbons (Fsp3) is 0.692. The van der Waals surface area contributed by atoms with Gasteiger partial charge >= 0.3 is 0 Å². The standard InChI is InChI=1S/3C20H31NO3.3C19H29NO3/c3*1-20(2,3)11-14-12-21-7-6-13-8-18(23-4)19(24-5)9-15(13)16(21)10-17(14)22;3*1-12(2)7-14-11-20-6-5-13-8-18(22-3)19(23-4)9-15(13)16(20)10-17(14)21/h3*8-9,14,16-17,22H,6-7,10-12H2,1-5H3;3*8-9,12,14,16-17,21H,5-7,10-11H2,1-4H3/i1D3,2D3,5D3,6D2,7D2,11D2;2*1D3,2D3,6D2,7D2,11D2;4D3,5D2,6D2;2*5D2,6D2. The van der Waals surface area contributed by atoms with Gasteiger partial charge in [0.1, 0.15) is 0 Å². The Hall–Kier alpha value is -7.56. The molecule has 6 saturated heterocycles. The highest BCUT2D eigenvalue weighted by Crippen LogP contribution is 2.53. The average molecular weight is 2010 g/mol. The predicted octanol–water partition coefficient (Wildman–Crippen LogP) is 19.3. The molecule has 0 aliphatic carbocycles. The van der Waals surface area contributed by atoms with Gasteiger partial charge in [-0.05, 0) is 324 Å². The van der Waals surface area contributed by atoms with Crippen LogP contribution in [-0.2, 0) is 38.2 Å². The van der Waals surface area contributed by atoms with Crippen molar-refractivity contribution in [2.75, 3.05) is 163 Å². The van der Waals surface area contributed by atoms with Crippen molar-refractivity contribution in [1.82, 2.24) is 29.4 Å². The quantitative estimate of drug-likeness (QED) is 0.0392. The molecule has 141 heavy (non-hydrogen) atoms. The maximum Gasteiger partial charge on any atom is 0.161 e. The number of ether oxygens (including phenoxy) is 12. The zero-order chi connectivity index (χ0) is 149. The van der Waals surface area contributed by atoms with E-state index < -0.39 is 284 Å². The topological polar surface area (TPSA) is 252 Å². The first-order valence-corrected chi connectivity index (χ1v) is 47.8. The van der Waals surface area contributed by atoms with Gasteiger partial charge in [-0.1, -0.05) is 103 Å². The average Bonchev–Trinajstić information content (AvgIpc) is 0.697. The molecule has 24 heteroatoms. The third kappa shape index (κ3) is 26.9. The monoisotopic (exact) mass is 2010 g/mol. The third-order valence-corrected chi connectivity index (χ3v) is 27.6. The van der Waals surface area contributed by atoms with Crippen LogP contribution in [0.1, 0.15) is 357 Å². The SMILES string of the molecule is [2H]C([2H])([2H])C(C)(C([2H])([2H])[2H])C([2H])([2H])C1CN2C(CC1O)c1cc(OC)c(OC)cc1C([2H])([2H])C2([2H])[2H].[2H]C([2H])([2H])C(C)(C([2H])([2H])[2H])C([2H])([2H])C1CN2C(CC1O)c1cc(OC)c(OC)cc1C([2H])([2H])C2([2H])[2H].[2H]C([2H])([2H])Oc1cc2c(cc1OC)C([2H])([2H])C([2H])([2H])N1CC(C([2H])([2H])C(C)(C([2H])([2H])[2H])C([2H])([2H])[2H])C(O)CC21.[2H]C([2H])([2H])Oc1cc2c(cc1OC)C([2H])([2H])C([2H])([2H])N1CC(CC(C)C)C(O)CC21.[2H]C1([2H])c2cc(OC)c(OC)cc2C2CC(O)C(CC(C)C)CN2C1([2H])[2H].[2H]C1([2H])c2cc(OC)c(OC)cc2C2CC(O)C(CC(C)C)CN2C1([2H])[2H]. The highest BCUT2D eigenvalue weighted by atomic mass is 16.5. The predicted molar refractivity (Wildman–Crippen MR) is 561 cm³/mol. The molecule has 18 rings (SSSR count). The molecule has 6 fully saturated rings. The highest BCUT2D eigenvalue weighted by Gasteiger charge is 2.47. The van der Waals surface area contributed by atoms with E-state index in [0.717, 1.165) is 54.4 Å². The fourth-order valence-electron chi connectivity index (χ4n) is 21.0. The number of benzene rings is 6. The number of aliphatic hydroxyl groups is 6. The lowest BCUT2D eigenvalue weighted by Crippen LogP contribution is -2.48. The molecule has 18 atom stereocenters. The minimum atomic E-state index is -3.35. The number of methoxy groups -OCH3 is 12. The molecule has 6 aromatic carbocycles. The molecule has 24 nitrogen and oxygen atoms in total. The van der Waals surface area contributed by atoms with E-state index in [0.29, 0.717) is 101 Å². The van der Waals surface area contributed by atoms with E-state index >= 15 is 0 Å². The van der Waals surface area contributed by atoms with Gasteiger partial charge in [-0.3, -0.25) is 29.4 Å². The Bertz CT molecular complexity index is 7230. The van der Waals surface area contributed by atoms with Gasteiger partial charge in [0.05, 0.1) is 130 Å². The summed E-state index contributed by atoms with van der Waals surface area (Å²) in [6, 6.07) is 12.8. The van der Waals surface area contributed by atoms with Crippen LogP contribution in [0.15, 0.2) is 72.8 Å². The molecule has 12 aliphatic heterocycles. The maximum absolute atomic E-state index is 11.1. The number of aliphatic hydroxyl groups excluding tert-OH is 6. The van der Waals surface area contributed by atoms with E-state index in [1.165, 1.54) is 131 Å². The van der Waals surface area contributed by atoms with Gasteiger partial charge in [0.15, 0.2) is 69.0 Å². The fourth-order valence-corrected chi connectivity index (χ4v) is 21.0. The van der Waals surface area contributed by atoms with E-state index in [9.17, 15) is 30.6 Å². The molecule has 0 aromatic heterocycles. The molecule has 12 heterocycles. The highest BCUT2D eigenvalue weighted by molar-refractivity contribution is 5.55. The molecule has 0 spiro atoms. The van der Waals surface area contributed by atoms with E-state index in [1.807, 2.05) is 13.8 Å². The van der Waals surface area contributed by atoms with Gasteiger partial charge in [-0.25, -0.2) is 0 Å². The first-order valence-electron chi connectivity index (χ1n) is 74.8. The number of aryl methyl sites for hydroxylation is 6. The van der Waals surface area contributed by atoms with E-state index in [4.69, 9.17) is 131 Å². The van der Waals surface area contributed by atoms with Gasteiger partial charge in [0, 0.05) is 180 Å². The van der Waals surface area contributed by atoms with Crippen molar-refractivity contribution in [2.24, 2.45) is 69.5 Å². The van der Waals surface area contributed by atoms with Crippen molar-refractivity contribution in [3.63, 3.8) is 0 Å². The number of nitrogens with zero attached hydrogens (tertiary/aromatic N) is 6. The van der Waals surface area contributed by atoms with E-state index in [-0.39, 0.29) is 129 Å². The Balaban J connectivity index is 0.000000189. The zero-order valence-corrected chi connectivity index (χ0v) is 83.9. The van der Waals surface area contributed by atoms with Crippen LogP contribution >= 0.6 is 0 Å². The van der Waals surface area contributed by atoms with Gasteiger partial charge in [-0.15, -0.1) is 0 Å². The minimum Gasteiger partial charge on any atom is -0.493 e. The Morgan fingerprint density at radius 1 is 0.270 bits per heavy atom. The molecule has 786 valence electrons. The third-order valence-electron chi connectivity index (χ3n) is 27.6. The summed E-state index contributed by atoms with van der Waals surface area (Å²) >= 11 is 0. The van der Waals surface area contributed by atoms with Crippen LogP contribution in [0.2, 0.25) is 0 Å². The van der Waals surface area contributed by atoms with Crippen molar-refractivity contribution in [3.05, 3.63) is 140 Å². The van der Waals surface area contributed by atoms with E-state index in [1.54, 1.807) is 21.9 Å². The lowest BCUT2D eigenvalue weighted by molar-refractivity contribution is -0.0259. The Kier molecular flexibility index (Phi) is 20.2. The molecule has 6 aromatic rings. The lowest BCUT2D eigenvalue weighted by atomic mass is 9.75. The molecular weight excluding hydrogens is 1780 g/mol. The zero-order valence-electron chi connectivity index (χ0n) is 138. The first kappa shape index (κ1) is 58.8. The summed E-state index contributed by atoms with van der Waals surface area (Å²) in [5, 5.41) is 65.5. The van der Waals surface area contributed by atoms with Crippen LogP contribution < -0.4 is 56.8 Å². The molecule has 0 amide bonds. The molecule has 0 bridgehead atoms. The Morgan fingerprint density at radius 3 is 0.582 bits per heavy atom. The lowest BCUT2D eigenvalue weighted by Gasteiger charge is -2.47. The number of fused-ring (bicyclic) bond motifs is 18. The second-order valence-electron chi connectivity index (χ2n) is 39.6. The summed E-state index contributed by atoms with van der Waals surface area (Å²) in [5.41, 5.74) is -6.00. The van der Waals surface area contributed by atoms with Crippen molar-refractivity contribution in [2.45, 2.75) is 291 Å². The van der Waals surface area contributed by atoms with Gasteiger partial charge in [-0.2, -0.15) is 0 Å². The van der Waals surface area contributed by atoms with Crippen LogP contribution in [-0.4, -0.2) is 260 Å². The smallest absolute Gasteiger partial charge is 0.161 e. The van der Waals surface area contributed by atoms with Gasteiger partial charge in [0.25, 0.3) is 0 Å². The molecule has 12 aliphatic rings. The molecule has 6 N–H and O–H groups in total. The maximum atomic E-state index is 11.1. The minimum absolute atomic E-state index is 0.0186. The van der Waals surface area contributed by atoms with Gasteiger partial charge < -0.3 is 87.5 Å². The number of rotatable bonds is 21. The van der Waals surface area contributed by atoms with Crippen LogP contribution in [0.5, 0.6) is 69.0 Å². The number of hydrogen-bond acceptors (Lipinski definition) is 24. The second-order valence-corrected chi connectivity index (χ2v) is 39.6. The van der Waals surface area contributed by atoms with Crippen molar-refractivity contribution in [1.29, 1.82) is 0 Å².